The molecule has 1 aliphatic rings. The van der Waals surface area contributed by atoms with Crippen molar-refractivity contribution in [3.63, 3.8) is 0 Å². The van der Waals surface area contributed by atoms with Crippen LogP contribution in [0.4, 0.5) is 24.9 Å². The SMILES string of the molecule is CC1(C)C[C@H](Nc2nc(NCCc3ccc(C(F)(F)F)cc3)ncc2C#N)CC[C@@H]1O.[HH]. The molecular formula is C22H28F3N5O. The minimum atomic E-state index is -4.35. The molecule has 1 aromatic carbocycles. The van der Waals surface area contributed by atoms with E-state index in [2.05, 4.69) is 26.7 Å². The third kappa shape index (κ3) is 5.85. The lowest BCUT2D eigenvalue weighted by molar-refractivity contribution is -0.137. The lowest BCUT2D eigenvalue weighted by Gasteiger charge is -2.40. The number of aromatic nitrogens is 2. The average molecular weight is 435 g/mol. The van der Waals surface area contributed by atoms with Crippen molar-refractivity contribution in [1.82, 2.24) is 9.97 Å². The molecule has 31 heavy (non-hydrogen) atoms. The number of hydrogen-bond acceptors (Lipinski definition) is 6. The van der Waals surface area contributed by atoms with Gasteiger partial charge in [-0.1, -0.05) is 26.0 Å². The Bertz CT molecular complexity index is 944. The molecule has 3 rings (SSSR count). The number of alkyl halides is 3. The number of anilines is 2. The Hall–Kier alpha value is -2.86. The second kappa shape index (κ2) is 9.10. The summed E-state index contributed by atoms with van der Waals surface area (Å²) >= 11 is 0. The first-order valence-electron chi connectivity index (χ1n) is 10.2. The summed E-state index contributed by atoms with van der Waals surface area (Å²) in [6.45, 7) is 4.47. The van der Waals surface area contributed by atoms with E-state index in [0.717, 1.165) is 30.5 Å². The summed E-state index contributed by atoms with van der Waals surface area (Å²) in [6.07, 6.45) is -0.556. The van der Waals surface area contributed by atoms with Gasteiger partial charge in [-0.25, -0.2) is 4.98 Å². The monoisotopic (exact) mass is 435 g/mol. The number of nitrogens with zero attached hydrogens (tertiary/aromatic N) is 3. The summed E-state index contributed by atoms with van der Waals surface area (Å²) in [5.74, 6) is 0.773. The van der Waals surface area contributed by atoms with Crippen molar-refractivity contribution in [2.75, 3.05) is 17.2 Å². The summed E-state index contributed by atoms with van der Waals surface area (Å²) < 4.78 is 38.0. The molecule has 2 atom stereocenters. The Morgan fingerprint density at radius 3 is 2.58 bits per heavy atom. The van der Waals surface area contributed by atoms with Crippen LogP contribution in [0.1, 0.15) is 51.2 Å². The van der Waals surface area contributed by atoms with Crippen molar-refractivity contribution in [2.45, 2.75) is 57.9 Å². The van der Waals surface area contributed by atoms with Crippen LogP contribution in [0.15, 0.2) is 30.5 Å². The Balaban J connectivity index is 0.00000363. The molecule has 1 fully saturated rings. The van der Waals surface area contributed by atoms with E-state index < -0.39 is 11.7 Å². The molecule has 6 nitrogen and oxygen atoms in total. The van der Waals surface area contributed by atoms with Crippen LogP contribution >= 0.6 is 0 Å². The maximum absolute atomic E-state index is 12.7. The molecular weight excluding hydrogens is 407 g/mol. The van der Waals surface area contributed by atoms with Gasteiger partial charge in [0.1, 0.15) is 17.5 Å². The van der Waals surface area contributed by atoms with E-state index >= 15 is 0 Å². The molecule has 1 heterocycles. The van der Waals surface area contributed by atoms with E-state index in [4.69, 9.17) is 0 Å². The predicted molar refractivity (Wildman–Crippen MR) is 114 cm³/mol. The molecule has 0 saturated heterocycles. The summed E-state index contributed by atoms with van der Waals surface area (Å²) in [7, 11) is 0. The van der Waals surface area contributed by atoms with Crippen LogP contribution in [0.5, 0.6) is 0 Å². The number of aliphatic hydroxyl groups excluding tert-OH is 1. The van der Waals surface area contributed by atoms with Gasteiger partial charge in [-0.2, -0.15) is 23.4 Å². The van der Waals surface area contributed by atoms with Gasteiger partial charge in [0.25, 0.3) is 0 Å². The number of rotatable bonds is 6. The fourth-order valence-electron chi connectivity index (χ4n) is 3.78. The zero-order chi connectivity index (χ0) is 22.6. The Morgan fingerprint density at radius 2 is 1.97 bits per heavy atom. The second-order valence-electron chi connectivity index (χ2n) is 8.57. The number of nitriles is 1. The van der Waals surface area contributed by atoms with Gasteiger partial charge in [0.05, 0.1) is 17.9 Å². The third-order valence-electron chi connectivity index (χ3n) is 5.69. The maximum Gasteiger partial charge on any atom is 0.416 e. The van der Waals surface area contributed by atoms with Crippen LogP contribution in [0.3, 0.4) is 0 Å². The van der Waals surface area contributed by atoms with Crippen molar-refractivity contribution < 1.29 is 19.7 Å². The highest BCUT2D eigenvalue weighted by Gasteiger charge is 2.36. The molecule has 1 saturated carbocycles. The molecule has 0 spiro atoms. The number of benzene rings is 1. The summed E-state index contributed by atoms with van der Waals surface area (Å²) in [6, 6.07) is 7.21. The third-order valence-corrected chi connectivity index (χ3v) is 5.69. The van der Waals surface area contributed by atoms with E-state index in [1.807, 2.05) is 13.8 Å². The first-order valence-corrected chi connectivity index (χ1v) is 10.2. The lowest BCUT2D eigenvalue weighted by Crippen LogP contribution is -2.41. The number of nitrogens with one attached hydrogen (secondary N) is 2. The molecule has 1 aliphatic carbocycles. The zero-order valence-electron chi connectivity index (χ0n) is 17.5. The van der Waals surface area contributed by atoms with Gasteiger partial charge >= 0.3 is 6.18 Å². The summed E-state index contributed by atoms with van der Waals surface area (Å²) in [5, 5.41) is 25.9. The normalized spacial score (nSPS) is 20.7. The van der Waals surface area contributed by atoms with E-state index in [0.29, 0.717) is 36.7 Å². The van der Waals surface area contributed by atoms with Gasteiger partial charge in [0.15, 0.2) is 0 Å². The smallest absolute Gasteiger partial charge is 0.393 e. The predicted octanol–water partition coefficient (Wildman–Crippen LogP) is 4.62. The Kier molecular flexibility index (Phi) is 6.70. The fourth-order valence-corrected chi connectivity index (χ4v) is 3.78. The molecule has 168 valence electrons. The standard InChI is InChI=1S/C22H26F3N5O.H2/c1-21(2)11-17(7-8-18(21)31)29-19-15(12-26)13-28-20(30-19)27-10-9-14-3-5-16(6-4-14)22(23,24)25;/h3-6,13,17-18,31H,7-11H2,1-2H3,(H2,27,28,29,30);1H/t17-,18+;/m1./s1. The average Bonchev–Trinajstić information content (AvgIpc) is 2.70. The van der Waals surface area contributed by atoms with Crippen LogP contribution in [0.2, 0.25) is 0 Å². The highest BCUT2D eigenvalue weighted by molar-refractivity contribution is 5.54. The minimum absolute atomic E-state index is 0. The fraction of sp³-hybridized carbons (Fsp3) is 0.500. The van der Waals surface area contributed by atoms with Gasteiger partial charge in [-0.3, -0.25) is 0 Å². The van der Waals surface area contributed by atoms with Gasteiger partial charge in [-0.05, 0) is 48.8 Å². The molecule has 0 bridgehead atoms. The first-order chi connectivity index (χ1) is 14.6. The van der Waals surface area contributed by atoms with Crippen molar-refractivity contribution in [1.29, 1.82) is 5.26 Å². The topological polar surface area (TPSA) is 93.9 Å². The molecule has 1 aromatic heterocycles. The Labute approximate surface area is 181 Å². The van der Waals surface area contributed by atoms with Gasteiger partial charge < -0.3 is 15.7 Å². The molecule has 2 aromatic rings. The highest BCUT2D eigenvalue weighted by atomic mass is 19.4. The lowest BCUT2D eigenvalue weighted by atomic mass is 9.73. The van der Waals surface area contributed by atoms with Crippen LogP contribution < -0.4 is 10.6 Å². The summed E-state index contributed by atoms with van der Waals surface area (Å²) in [4.78, 5) is 8.56. The van der Waals surface area contributed by atoms with Crippen LogP contribution in [0, 0.1) is 16.7 Å². The van der Waals surface area contributed by atoms with Crippen LogP contribution in [-0.4, -0.2) is 33.8 Å². The van der Waals surface area contributed by atoms with Gasteiger partial charge in [0, 0.05) is 14.0 Å². The number of aliphatic hydroxyl groups is 1. The Morgan fingerprint density at radius 1 is 1.26 bits per heavy atom. The zero-order valence-corrected chi connectivity index (χ0v) is 17.5. The molecule has 9 heteroatoms. The minimum Gasteiger partial charge on any atom is -0.393 e. The second-order valence-corrected chi connectivity index (χ2v) is 8.57. The van der Waals surface area contributed by atoms with E-state index in [9.17, 15) is 23.5 Å². The van der Waals surface area contributed by atoms with E-state index in [-0.39, 0.29) is 19.0 Å². The number of halogens is 3. The van der Waals surface area contributed by atoms with Crippen molar-refractivity contribution in [3.8, 4) is 6.07 Å². The molecule has 0 unspecified atom stereocenters. The van der Waals surface area contributed by atoms with E-state index in [1.54, 1.807) is 0 Å². The summed E-state index contributed by atoms with van der Waals surface area (Å²) in [5.41, 5.74) is 0.194. The van der Waals surface area contributed by atoms with Crippen molar-refractivity contribution in [2.24, 2.45) is 5.41 Å². The highest BCUT2D eigenvalue weighted by Crippen LogP contribution is 2.37. The van der Waals surface area contributed by atoms with Gasteiger partial charge in [-0.15, -0.1) is 0 Å². The quantitative estimate of drug-likeness (QED) is 0.613. The molecule has 0 amide bonds. The number of hydrogen-bond donors (Lipinski definition) is 3. The maximum atomic E-state index is 12.7. The van der Waals surface area contributed by atoms with Crippen LogP contribution in [-0.2, 0) is 12.6 Å². The first kappa shape index (κ1) is 22.8. The largest absolute Gasteiger partial charge is 0.416 e. The van der Waals surface area contributed by atoms with Crippen LogP contribution in [0.25, 0.3) is 0 Å². The molecule has 0 aliphatic heterocycles. The molecule has 0 radical (unpaired) electrons. The van der Waals surface area contributed by atoms with Crippen molar-refractivity contribution >= 4 is 11.8 Å². The van der Waals surface area contributed by atoms with E-state index in [1.165, 1.54) is 18.3 Å². The van der Waals surface area contributed by atoms with Gasteiger partial charge in [0.2, 0.25) is 5.95 Å². The van der Waals surface area contributed by atoms with Crippen molar-refractivity contribution in [3.05, 3.63) is 47.2 Å². The molecule has 3 N–H and O–H groups in total.